The molecule has 1 saturated heterocycles. The number of halogens is 1. The van der Waals surface area contributed by atoms with Crippen molar-refractivity contribution in [2.75, 3.05) is 31.7 Å². The van der Waals surface area contributed by atoms with Crippen molar-refractivity contribution in [2.24, 2.45) is 0 Å². The Balaban J connectivity index is 1.57. The van der Waals surface area contributed by atoms with Gasteiger partial charge in [-0.25, -0.2) is 0 Å². The van der Waals surface area contributed by atoms with Crippen LogP contribution >= 0.6 is 23.0 Å². The molecule has 0 aromatic heterocycles. The van der Waals surface area contributed by atoms with Crippen LogP contribution in [0.15, 0.2) is 18.2 Å². The van der Waals surface area contributed by atoms with Gasteiger partial charge in [-0.3, -0.25) is 0 Å². The van der Waals surface area contributed by atoms with Crippen LogP contribution in [0.2, 0.25) is 0 Å². The first-order chi connectivity index (χ1) is 12.7. The van der Waals surface area contributed by atoms with E-state index in [1.54, 1.807) is 7.11 Å². The second kappa shape index (κ2) is 9.57. The Bertz CT molecular complexity index is 708. The fourth-order valence-corrected chi connectivity index (χ4v) is 3.59. The predicted octanol–water partition coefficient (Wildman–Crippen LogP) is 3.44. The molecule has 1 aromatic rings. The Kier molecular flexibility index (Phi) is 7.15. The molecule has 1 heterocycles. The summed E-state index contributed by atoms with van der Waals surface area (Å²) in [5, 5.41) is 9.30. The van der Waals surface area contributed by atoms with E-state index >= 15 is 0 Å². The fourth-order valence-electron chi connectivity index (χ4n) is 3.44. The Hall–Kier alpha value is -1.32. The lowest BCUT2D eigenvalue weighted by atomic mass is 9.91. The number of methoxy groups -OCH3 is 1. The molecule has 138 valence electrons. The van der Waals surface area contributed by atoms with E-state index in [1.165, 1.54) is 0 Å². The highest BCUT2D eigenvalue weighted by molar-refractivity contribution is 14.1. The number of anilines is 1. The first-order valence-electron chi connectivity index (χ1n) is 8.92. The Morgan fingerprint density at radius 1 is 1.12 bits per heavy atom. The van der Waals surface area contributed by atoms with Gasteiger partial charge in [-0.15, -0.1) is 0 Å². The van der Waals surface area contributed by atoms with Crippen molar-refractivity contribution in [2.45, 2.75) is 44.0 Å². The van der Waals surface area contributed by atoms with Crippen molar-refractivity contribution in [1.29, 1.82) is 5.26 Å². The quantitative estimate of drug-likeness (QED) is 0.492. The maximum Gasteiger partial charge on any atom is 0.120 e. The molecule has 5 nitrogen and oxygen atoms in total. The summed E-state index contributed by atoms with van der Waals surface area (Å²) in [6.07, 6.45) is 5.12. The van der Waals surface area contributed by atoms with Crippen LogP contribution in [0.4, 0.5) is 5.69 Å². The van der Waals surface area contributed by atoms with Gasteiger partial charge in [-0.2, -0.15) is 5.26 Å². The average Bonchev–Trinajstić information content (AvgIpc) is 2.64. The highest BCUT2D eigenvalue weighted by atomic mass is 127. The number of nitriles is 1. The normalized spacial score (nSPS) is 22.9. The Labute approximate surface area is 169 Å². The van der Waals surface area contributed by atoms with Crippen molar-refractivity contribution in [3.05, 3.63) is 29.3 Å². The number of rotatable bonds is 5. The summed E-state index contributed by atoms with van der Waals surface area (Å²) < 4.78 is 16.4. The van der Waals surface area contributed by atoms with Gasteiger partial charge in [0.05, 0.1) is 29.9 Å². The molecule has 1 saturated carbocycles. The summed E-state index contributed by atoms with van der Waals surface area (Å²) in [5.74, 6) is 6.01. The van der Waals surface area contributed by atoms with E-state index in [1.807, 2.05) is 35.1 Å². The van der Waals surface area contributed by atoms with E-state index in [0.717, 1.165) is 50.0 Å². The first-order valence-corrected chi connectivity index (χ1v) is 9.80. The van der Waals surface area contributed by atoms with E-state index in [2.05, 4.69) is 28.9 Å². The number of ether oxygens (including phenoxy) is 2. The predicted molar refractivity (Wildman–Crippen MR) is 108 cm³/mol. The van der Waals surface area contributed by atoms with E-state index in [9.17, 15) is 5.26 Å². The van der Waals surface area contributed by atoms with Crippen molar-refractivity contribution in [1.82, 2.24) is 0 Å². The molecular formula is C20H23IN2O3. The van der Waals surface area contributed by atoms with Crippen LogP contribution in [0.5, 0.6) is 0 Å². The zero-order valence-electron chi connectivity index (χ0n) is 14.9. The molecule has 2 fully saturated rings. The number of piperidine rings is 1. The van der Waals surface area contributed by atoms with Crippen LogP contribution in [-0.2, 0) is 12.5 Å². The van der Waals surface area contributed by atoms with Gasteiger partial charge in [-0.05, 0) is 43.9 Å². The second-order valence-electron chi connectivity index (χ2n) is 6.71. The molecule has 0 radical (unpaired) electrons. The molecule has 0 bridgehead atoms. The molecule has 0 unspecified atom stereocenters. The number of nitrogens with zero attached hydrogens (tertiary/aromatic N) is 2. The van der Waals surface area contributed by atoms with Crippen LogP contribution < -0.4 is 4.90 Å². The van der Waals surface area contributed by atoms with Gasteiger partial charge in [-0.1, -0.05) is 11.8 Å². The SMILES string of the molecule is COC1CC(OC2CCN(c3cc(C#N)cc(C#CCOI)c3)CC2)C1. The molecular weight excluding hydrogens is 443 g/mol. The summed E-state index contributed by atoms with van der Waals surface area (Å²) in [4.78, 5) is 2.32. The van der Waals surface area contributed by atoms with Crippen LogP contribution in [0.3, 0.4) is 0 Å². The standard InChI is InChI=1S/C20H23IN2O3/c1-24-19-12-20(13-19)26-18-4-6-23(7-5-18)17-10-15(3-2-8-25-21)9-16(11-17)14-22/h9-11,18-20H,4-8,12-13H2,1H3. The molecule has 26 heavy (non-hydrogen) atoms. The van der Waals surface area contributed by atoms with Crippen molar-refractivity contribution in [3.63, 3.8) is 0 Å². The van der Waals surface area contributed by atoms with E-state index in [0.29, 0.717) is 30.5 Å². The lowest BCUT2D eigenvalue weighted by molar-refractivity contribution is -0.119. The molecule has 1 aromatic carbocycles. The molecule has 1 aliphatic heterocycles. The highest BCUT2D eigenvalue weighted by Crippen LogP contribution is 2.30. The molecule has 0 spiro atoms. The number of benzene rings is 1. The topological polar surface area (TPSA) is 54.7 Å². The van der Waals surface area contributed by atoms with Crippen LogP contribution in [0.1, 0.15) is 36.8 Å². The molecule has 0 atom stereocenters. The zero-order chi connectivity index (χ0) is 18.4. The Morgan fingerprint density at radius 2 is 1.85 bits per heavy atom. The average molecular weight is 466 g/mol. The van der Waals surface area contributed by atoms with E-state index in [4.69, 9.17) is 12.5 Å². The molecule has 2 aliphatic rings. The molecule has 0 N–H and O–H groups in total. The minimum Gasteiger partial charge on any atom is -0.381 e. The highest BCUT2D eigenvalue weighted by Gasteiger charge is 2.32. The van der Waals surface area contributed by atoms with E-state index in [-0.39, 0.29) is 0 Å². The van der Waals surface area contributed by atoms with Crippen LogP contribution in [0.25, 0.3) is 0 Å². The maximum absolute atomic E-state index is 9.30. The van der Waals surface area contributed by atoms with Crippen molar-refractivity contribution in [3.8, 4) is 17.9 Å². The summed E-state index contributed by atoms with van der Waals surface area (Å²) in [7, 11) is 1.77. The van der Waals surface area contributed by atoms with Crippen molar-refractivity contribution >= 4 is 28.7 Å². The minimum atomic E-state index is 0.327. The third-order valence-electron chi connectivity index (χ3n) is 4.98. The fraction of sp³-hybridized carbons (Fsp3) is 0.550. The molecule has 0 amide bonds. The van der Waals surface area contributed by atoms with Gasteiger partial charge in [0.15, 0.2) is 0 Å². The second-order valence-corrected chi connectivity index (χ2v) is 7.33. The van der Waals surface area contributed by atoms with Gasteiger partial charge in [0.1, 0.15) is 29.6 Å². The molecule has 3 rings (SSSR count). The summed E-state index contributed by atoms with van der Waals surface area (Å²) in [5.41, 5.74) is 2.55. The largest absolute Gasteiger partial charge is 0.381 e. The summed E-state index contributed by atoms with van der Waals surface area (Å²) >= 11 is 1.82. The Morgan fingerprint density at radius 3 is 2.50 bits per heavy atom. The van der Waals surface area contributed by atoms with Crippen molar-refractivity contribution < 1.29 is 12.5 Å². The number of hydrogen-bond donors (Lipinski definition) is 0. The smallest absolute Gasteiger partial charge is 0.120 e. The molecule has 6 heteroatoms. The first kappa shape index (κ1) is 19.4. The third-order valence-corrected chi connectivity index (χ3v) is 5.29. The molecule has 1 aliphatic carbocycles. The summed E-state index contributed by atoms with van der Waals surface area (Å²) in [6, 6.07) is 8.05. The van der Waals surface area contributed by atoms with Gasteiger partial charge < -0.3 is 17.4 Å². The number of hydrogen-bond acceptors (Lipinski definition) is 5. The minimum absolute atomic E-state index is 0.327. The monoisotopic (exact) mass is 466 g/mol. The lowest BCUT2D eigenvalue weighted by Crippen LogP contribution is -2.43. The van der Waals surface area contributed by atoms with Crippen LogP contribution in [0, 0.1) is 23.2 Å². The van der Waals surface area contributed by atoms with Gasteiger partial charge in [0, 0.05) is 31.5 Å². The van der Waals surface area contributed by atoms with Crippen LogP contribution in [-0.4, -0.2) is 45.1 Å². The van der Waals surface area contributed by atoms with Gasteiger partial charge in [0.2, 0.25) is 0 Å². The lowest BCUT2D eigenvalue weighted by Gasteiger charge is -2.40. The van der Waals surface area contributed by atoms with Gasteiger partial charge >= 0.3 is 0 Å². The third kappa shape index (κ3) is 5.11. The van der Waals surface area contributed by atoms with Gasteiger partial charge in [0.25, 0.3) is 0 Å². The zero-order valence-corrected chi connectivity index (χ0v) is 17.1. The van der Waals surface area contributed by atoms with E-state index < -0.39 is 0 Å². The summed E-state index contributed by atoms with van der Waals surface area (Å²) in [6.45, 7) is 2.24. The maximum atomic E-state index is 9.30.